The number of unbranched alkanes of at least 4 members (excludes halogenated alkanes) is 1. The van der Waals surface area contributed by atoms with Gasteiger partial charge in [0.15, 0.2) is 0 Å². The van der Waals surface area contributed by atoms with Crippen LogP contribution in [-0.2, 0) is 0 Å². The first-order valence-corrected chi connectivity index (χ1v) is 6.76. The van der Waals surface area contributed by atoms with Crippen LogP contribution in [0.25, 0.3) is 0 Å². The topological polar surface area (TPSA) is 25.4 Å². The van der Waals surface area contributed by atoms with Gasteiger partial charge < -0.3 is 9.64 Å². The molecule has 4 heteroatoms. The number of alkyl halides is 1. The number of halogens is 1. The smallest absolute Gasteiger partial charge is 0.215 e. The van der Waals surface area contributed by atoms with Crippen molar-refractivity contribution in [1.29, 1.82) is 0 Å². The Bertz CT molecular complexity index is 320. The lowest BCUT2D eigenvalue weighted by atomic mass is 10.3. The highest BCUT2D eigenvalue weighted by atomic mass is 35.5. The molecule has 0 spiro atoms. The van der Waals surface area contributed by atoms with E-state index >= 15 is 0 Å². The first-order chi connectivity index (χ1) is 8.31. The van der Waals surface area contributed by atoms with Crippen molar-refractivity contribution in [1.82, 2.24) is 4.98 Å². The molecule has 0 aliphatic heterocycles. The molecule has 96 valence electrons. The minimum absolute atomic E-state index is 0.615. The summed E-state index contributed by atoms with van der Waals surface area (Å²) in [6.07, 6.45) is 2.32. The molecule has 0 fully saturated rings. The van der Waals surface area contributed by atoms with Gasteiger partial charge in [-0.05, 0) is 19.4 Å². The zero-order valence-electron chi connectivity index (χ0n) is 10.7. The molecule has 0 unspecified atom stereocenters. The van der Waals surface area contributed by atoms with E-state index in [-0.39, 0.29) is 0 Å². The van der Waals surface area contributed by atoms with E-state index in [9.17, 15) is 0 Å². The Morgan fingerprint density at radius 3 is 2.76 bits per heavy atom. The second kappa shape index (κ2) is 8.18. The van der Waals surface area contributed by atoms with E-state index in [1.54, 1.807) is 0 Å². The molecule has 0 N–H and O–H groups in total. The van der Waals surface area contributed by atoms with Crippen LogP contribution in [-0.4, -0.2) is 30.6 Å². The summed E-state index contributed by atoms with van der Waals surface area (Å²) in [5.74, 6) is 2.25. The van der Waals surface area contributed by atoms with E-state index in [0.29, 0.717) is 18.4 Å². The fourth-order valence-electron chi connectivity index (χ4n) is 1.60. The monoisotopic (exact) mass is 256 g/mol. The van der Waals surface area contributed by atoms with Crippen molar-refractivity contribution in [3.63, 3.8) is 0 Å². The molecule has 0 radical (unpaired) electrons. The molecule has 1 heterocycles. The van der Waals surface area contributed by atoms with Crippen LogP contribution in [0, 0.1) is 0 Å². The highest BCUT2D eigenvalue weighted by Gasteiger charge is 2.07. The van der Waals surface area contributed by atoms with Crippen LogP contribution in [0.5, 0.6) is 5.88 Å². The molecule has 17 heavy (non-hydrogen) atoms. The van der Waals surface area contributed by atoms with Crippen LogP contribution in [0.1, 0.15) is 26.7 Å². The van der Waals surface area contributed by atoms with Gasteiger partial charge in [0.1, 0.15) is 5.82 Å². The number of aromatic nitrogens is 1. The van der Waals surface area contributed by atoms with Crippen LogP contribution in [0.15, 0.2) is 18.2 Å². The average molecular weight is 257 g/mol. The van der Waals surface area contributed by atoms with Crippen molar-refractivity contribution in [3.8, 4) is 5.88 Å². The largest absolute Gasteiger partial charge is 0.478 e. The lowest BCUT2D eigenvalue weighted by molar-refractivity contribution is 0.327. The van der Waals surface area contributed by atoms with Crippen LogP contribution >= 0.6 is 11.6 Å². The van der Waals surface area contributed by atoms with Crippen LogP contribution in [0.2, 0.25) is 0 Å². The summed E-state index contributed by atoms with van der Waals surface area (Å²) in [4.78, 5) is 6.69. The van der Waals surface area contributed by atoms with Crippen molar-refractivity contribution in [3.05, 3.63) is 18.2 Å². The van der Waals surface area contributed by atoms with E-state index in [4.69, 9.17) is 16.3 Å². The summed E-state index contributed by atoms with van der Waals surface area (Å²) < 4.78 is 5.41. The molecular weight excluding hydrogens is 236 g/mol. The van der Waals surface area contributed by atoms with E-state index in [1.807, 2.05) is 25.1 Å². The Kier molecular flexibility index (Phi) is 6.78. The van der Waals surface area contributed by atoms with E-state index in [2.05, 4.69) is 16.8 Å². The second-order valence-corrected chi connectivity index (χ2v) is 4.17. The quantitative estimate of drug-likeness (QED) is 0.667. The number of rotatable bonds is 8. The molecule has 1 aromatic heterocycles. The average Bonchev–Trinajstić information content (AvgIpc) is 2.35. The fourth-order valence-corrected chi connectivity index (χ4v) is 1.80. The maximum atomic E-state index is 5.83. The third-order valence-electron chi connectivity index (χ3n) is 2.46. The Hall–Kier alpha value is -0.960. The summed E-state index contributed by atoms with van der Waals surface area (Å²) in [7, 11) is 0. The zero-order chi connectivity index (χ0) is 12.5. The zero-order valence-corrected chi connectivity index (χ0v) is 11.4. The molecule has 1 aromatic rings. The molecule has 3 nitrogen and oxygen atoms in total. The molecule has 0 saturated heterocycles. The Balaban J connectivity index is 2.73. The number of hydrogen-bond donors (Lipinski definition) is 0. The molecule has 1 rings (SSSR count). The maximum absolute atomic E-state index is 5.83. The van der Waals surface area contributed by atoms with Gasteiger partial charge in [0.05, 0.1) is 6.61 Å². The van der Waals surface area contributed by atoms with Gasteiger partial charge in [-0.25, -0.2) is 0 Å². The van der Waals surface area contributed by atoms with Crippen molar-refractivity contribution in [2.75, 3.05) is 30.5 Å². The van der Waals surface area contributed by atoms with Gasteiger partial charge in [0, 0.05) is 25.0 Å². The molecule has 0 atom stereocenters. The van der Waals surface area contributed by atoms with E-state index in [0.717, 1.165) is 25.3 Å². The van der Waals surface area contributed by atoms with Crippen LogP contribution in [0.4, 0.5) is 5.82 Å². The van der Waals surface area contributed by atoms with Crippen molar-refractivity contribution < 1.29 is 4.74 Å². The van der Waals surface area contributed by atoms with Gasteiger partial charge in [-0.15, -0.1) is 11.6 Å². The lowest BCUT2D eigenvalue weighted by Gasteiger charge is -2.22. The fraction of sp³-hybridized carbons (Fsp3) is 0.615. The molecule has 0 amide bonds. The highest BCUT2D eigenvalue weighted by molar-refractivity contribution is 6.18. The molecular formula is C13H21ClN2O. The van der Waals surface area contributed by atoms with E-state index < -0.39 is 0 Å². The minimum atomic E-state index is 0.615. The maximum Gasteiger partial charge on any atom is 0.215 e. The third-order valence-corrected chi connectivity index (χ3v) is 2.63. The number of hydrogen-bond acceptors (Lipinski definition) is 3. The Morgan fingerprint density at radius 2 is 2.12 bits per heavy atom. The number of pyridine rings is 1. The van der Waals surface area contributed by atoms with Crippen LogP contribution in [0.3, 0.4) is 0 Å². The van der Waals surface area contributed by atoms with Gasteiger partial charge >= 0.3 is 0 Å². The molecule has 0 aliphatic carbocycles. The van der Waals surface area contributed by atoms with Crippen molar-refractivity contribution >= 4 is 17.4 Å². The van der Waals surface area contributed by atoms with Gasteiger partial charge in [-0.2, -0.15) is 4.98 Å². The summed E-state index contributed by atoms with van der Waals surface area (Å²) in [6.45, 7) is 6.60. The predicted molar refractivity (Wildman–Crippen MR) is 73.2 cm³/mol. The molecule has 0 saturated carbocycles. The summed E-state index contributed by atoms with van der Waals surface area (Å²) in [5, 5.41) is 0. The second-order valence-electron chi connectivity index (χ2n) is 3.80. The first kappa shape index (κ1) is 14.1. The van der Waals surface area contributed by atoms with Gasteiger partial charge in [0.25, 0.3) is 0 Å². The molecule has 0 aliphatic rings. The van der Waals surface area contributed by atoms with Gasteiger partial charge in [-0.3, -0.25) is 0 Å². The van der Waals surface area contributed by atoms with E-state index in [1.165, 1.54) is 6.42 Å². The van der Waals surface area contributed by atoms with Crippen molar-refractivity contribution in [2.24, 2.45) is 0 Å². The lowest BCUT2D eigenvalue weighted by Crippen LogP contribution is -2.27. The first-order valence-electron chi connectivity index (χ1n) is 6.22. The summed E-state index contributed by atoms with van der Waals surface area (Å²) in [6, 6.07) is 5.86. The third kappa shape index (κ3) is 4.82. The summed E-state index contributed by atoms with van der Waals surface area (Å²) in [5.41, 5.74) is 0. The SMILES string of the molecule is CCCCN(CCCl)c1cccc(OCC)n1. The number of nitrogens with zero attached hydrogens (tertiary/aromatic N) is 2. The van der Waals surface area contributed by atoms with Crippen LogP contribution < -0.4 is 9.64 Å². The number of anilines is 1. The Morgan fingerprint density at radius 1 is 1.29 bits per heavy atom. The molecule has 0 bridgehead atoms. The standard InChI is InChI=1S/C13H21ClN2O/c1-3-5-10-16(11-9-14)12-7-6-8-13(15-12)17-4-2/h6-8H,3-5,9-11H2,1-2H3. The summed E-state index contributed by atoms with van der Waals surface area (Å²) >= 11 is 5.83. The highest BCUT2D eigenvalue weighted by Crippen LogP contribution is 2.16. The predicted octanol–water partition coefficient (Wildman–Crippen LogP) is 3.33. The normalized spacial score (nSPS) is 10.3. The minimum Gasteiger partial charge on any atom is -0.478 e. The molecule has 0 aromatic carbocycles. The Labute approximate surface area is 109 Å². The van der Waals surface area contributed by atoms with Gasteiger partial charge in [-0.1, -0.05) is 19.4 Å². The van der Waals surface area contributed by atoms with Gasteiger partial charge in [0.2, 0.25) is 5.88 Å². The van der Waals surface area contributed by atoms with Crippen molar-refractivity contribution in [2.45, 2.75) is 26.7 Å². The number of ether oxygens (including phenoxy) is 1.